The number of fused-ring (bicyclic) bond motifs is 1. The van der Waals surface area contributed by atoms with Gasteiger partial charge in [-0.1, -0.05) is 6.07 Å². The molecule has 19 heavy (non-hydrogen) atoms. The largest absolute Gasteiger partial charge is 0.486 e. The molecule has 0 amide bonds. The Labute approximate surface area is 115 Å². The number of benzene rings is 1. The fourth-order valence-electron chi connectivity index (χ4n) is 1.67. The first kappa shape index (κ1) is 13.1. The fraction of sp³-hybridized carbons (Fsp3) is 0.143. The standard InChI is InChI=1S/C14H12N2O2S/c1-15-12(14(17)18)8-11-6-9-4-5-10(16(2)3)7-13(9)19-11/h4-8H,2-3H3,(H,17,18)/b12-8-. The van der Waals surface area contributed by atoms with Crippen LogP contribution in [0.15, 0.2) is 30.0 Å². The monoisotopic (exact) mass is 272 g/mol. The second-order valence-electron chi connectivity index (χ2n) is 4.21. The van der Waals surface area contributed by atoms with E-state index in [2.05, 4.69) is 10.9 Å². The molecule has 0 unspecified atom stereocenters. The molecular formula is C14H12N2O2S. The molecule has 0 bridgehead atoms. The second-order valence-corrected chi connectivity index (χ2v) is 5.33. The molecule has 4 nitrogen and oxygen atoms in total. The van der Waals surface area contributed by atoms with Gasteiger partial charge in [-0.3, -0.25) is 4.79 Å². The van der Waals surface area contributed by atoms with E-state index in [0.717, 1.165) is 20.7 Å². The maximum absolute atomic E-state index is 10.8. The van der Waals surface area contributed by atoms with Gasteiger partial charge in [-0.25, -0.2) is 4.85 Å². The van der Waals surface area contributed by atoms with E-state index in [1.807, 2.05) is 37.2 Å². The Morgan fingerprint density at radius 1 is 1.42 bits per heavy atom. The van der Waals surface area contributed by atoms with Crippen LogP contribution in [0.1, 0.15) is 4.88 Å². The summed E-state index contributed by atoms with van der Waals surface area (Å²) in [5.74, 6) is -1.19. The molecule has 1 aromatic heterocycles. The van der Waals surface area contributed by atoms with Crippen molar-refractivity contribution in [3.63, 3.8) is 0 Å². The van der Waals surface area contributed by atoms with Gasteiger partial charge >= 0.3 is 5.97 Å². The van der Waals surface area contributed by atoms with Crippen LogP contribution < -0.4 is 4.90 Å². The molecule has 2 rings (SSSR count). The van der Waals surface area contributed by atoms with Crippen molar-refractivity contribution < 1.29 is 9.90 Å². The van der Waals surface area contributed by atoms with Crippen molar-refractivity contribution >= 4 is 39.2 Å². The topological polar surface area (TPSA) is 44.9 Å². The highest BCUT2D eigenvalue weighted by molar-refractivity contribution is 7.19. The van der Waals surface area contributed by atoms with Gasteiger partial charge in [-0.15, -0.1) is 11.3 Å². The van der Waals surface area contributed by atoms with Gasteiger partial charge < -0.3 is 10.0 Å². The van der Waals surface area contributed by atoms with Crippen LogP contribution in [0.25, 0.3) is 21.0 Å². The molecule has 0 aliphatic rings. The average molecular weight is 272 g/mol. The quantitative estimate of drug-likeness (QED) is 0.688. The highest BCUT2D eigenvalue weighted by Gasteiger charge is 2.08. The Bertz CT molecular complexity index is 708. The highest BCUT2D eigenvalue weighted by Crippen LogP contribution is 2.30. The summed E-state index contributed by atoms with van der Waals surface area (Å²) in [6.07, 6.45) is 1.41. The summed E-state index contributed by atoms with van der Waals surface area (Å²) in [5, 5.41) is 9.89. The zero-order chi connectivity index (χ0) is 14.0. The van der Waals surface area contributed by atoms with Crippen molar-refractivity contribution in [3.05, 3.63) is 46.3 Å². The Kier molecular flexibility index (Phi) is 3.54. The molecule has 5 heteroatoms. The Morgan fingerprint density at radius 3 is 2.74 bits per heavy atom. The van der Waals surface area contributed by atoms with Gasteiger partial charge in [-0.2, -0.15) is 0 Å². The van der Waals surface area contributed by atoms with Gasteiger partial charge in [-0.05, 0) is 29.7 Å². The van der Waals surface area contributed by atoms with Gasteiger partial charge in [0.1, 0.15) is 0 Å². The van der Waals surface area contributed by atoms with Crippen LogP contribution in [0.2, 0.25) is 0 Å². The van der Waals surface area contributed by atoms with E-state index in [-0.39, 0.29) is 5.70 Å². The Balaban J connectivity index is 2.48. The Morgan fingerprint density at radius 2 is 2.16 bits per heavy atom. The molecular weight excluding hydrogens is 260 g/mol. The lowest BCUT2D eigenvalue weighted by molar-refractivity contribution is -0.132. The van der Waals surface area contributed by atoms with Crippen LogP contribution in [0.3, 0.4) is 0 Å². The van der Waals surface area contributed by atoms with E-state index in [9.17, 15) is 4.79 Å². The maximum atomic E-state index is 10.8. The van der Waals surface area contributed by atoms with Gasteiger partial charge in [0.05, 0.1) is 6.57 Å². The van der Waals surface area contributed by atoms with E-state index in [1.165, 1.54) is 17.4 Å². The number of anilines is 1. The van der Waals surface area contributed by atoms with E-state index >= 15 is 0 Å². The first-order valence-electron chi connectivity index (χ1n) is 5.54. The smallest absolute Gasteiger partial charge is 0.333 e. The predicted molar refractivity (Wildman–Crippen MR) is 78.4 cm³/mol. The van der Waals surface area contributed by atoms with Gasteiger partial charge in [0.25, 0.3) is 5.70 Å². The SMILES string of the molecule is [C-]#[N+]/C(=C\c1cc2ccc(N(C)C)cc2s1)C(=O)O. The molecule has 1 heterocycles. The van der Waals surface area contributed by atoms with Crippen LogP contribution in [0.5, 0.6) is 0 Å². The maximum Gasteiger partial charge on any atom is 0.333 e. The number of carboxylic acid groups (broad SMARTS) is 1. The molecule has 0 fully saturated rings. The Hall–Kier alpha value is -2.32. The van der Waals surface area contributed by atoms with Crippen LogP contribution in [0, 0.1) is 6.57 Å². The minimum atomic E-state index is -1.19. The molecule has 0 atom stereocenters. The summed E-state index contributed by atoms with van der Waals surface area (Å²) in [6, 6.07) is 7.95. The number of aliphatic carboxylic acids is 1. The predicted octanol–water partition coefficient (Wildman–Crippen LogP) is 3.31. The lowest BCUT2D eigenvalue weighted by atomic mass is 10.2. The first-order valence-corrected chi connectivity index (χ1v) is 6.36. The van der Waals surface area contributed by atoms with Crippen molar-refractivity contribution in [2.45, 2.75) is 0 Å². The number of nitrogens with zero attached hydrogens (tertiary/aromatic N) is 2. The van der Waals surface area contributed by atoms with Gasteiger partial charge in [0, 0.05) is 29.4 Å². The number of carbonyl (C=O) groups is 1. The average Bonchev–Trinajstić information content (AvgIpc) is 2.76. The zero-order valence-corrected chi connectivity index (χ0v) is 11.4. The molecule has 0 aliphatic heterocycles. The molecule has 96 valence electrons. The third-order valence-electron chi connectivity index (χ3n) is 2.66. The lowest BCUT2D eigenvalue weighted by Gasteiger charge is -2.11. The van der Waals surface area contributed by atoms with Crippen molar-refractivity contribution in [1.29, 1.82) is 0 Å². The van der Waals surface area contributed by atoms with Crippen LogP contribution in [-0.4, -0.2) is 25.2 Å². The molecule has 2 aromatic rings. The summed E-state index contributed by atoms with van der Waals surface area (Å²) in [4.78, 5) is 16.6. The lowest BCUT2D eigenvalue weighted by Crippen LogP contribution is -2.07. The summed E-state index contributed by atoms with van der Waals surface area (Å²) in [5.41, 5.74) is 0.827. The van der Waals surface area contributed by atoms with Gasteiger partial charge in [0.15, 0.2) is 0 Å². The van der Waals surface area contributed by atoms with E-state index in [1.54, 1.807) is 0 Å². The van der Waals surface area contributed by atoms with Crippen molar-refractivity contribution in [2.24, 2.45) is 0 Å². The normalized spacial score (nSPS) is 11.3. The molecule has 0 radical (unpaired) electrons. The summed E-state index contributed by atoms with van der Waals surface area (Å²) in [7, 11) is 3.94. The molecule has 1 N–H and O–H groups in total. The first-order chi connectivity index (χ1) is 9.01. The summed E-state index contributed by atoms with van der Waals surface area (Å²) >= 11 is 1.48. The van der Waals surface area contributed by atoms with Crippen LogP contribution >= 0.6 is 11.3 Å². The summed E-state index contributed by atoms with van der Waals surface area (Å²) < 4.78 is 1.08. The zero-order valence-electron chi connectivity index (χ0n) is 10.5. The number of thiophene rings is 1. The van der Waals surface area contributed by atoms with Crippen molar-refractivity contribution in [2.75, 3.05) is 19.0 Å². The molecule has 0 spiro atoms. The van der Waals surface area contributed by atoms with E-state index in [4.69, 9.17) is 11.7 Å². The minimum absolute atomic E-state index is 0.264. The van der Waals surface area contributed by atoms with Crippen molar-refractivity contribution in [1.82, 2.24) is 0 Å². The molecule has 1 aromatic carbocycles. The van der Waals surface area contributed by atoms with Crippen molar-refractivity contribution in [3.8, 4) is 0 Å². The van der Waals surface area contributed by atoms with E-state index < -0.39 is 5.97 Å². The number of hydrogen-bond donors (Lipinski definition) is 1. The second kappa shape index (κ2) is 5.12. The number of carboxylic acids is 1. The number of rotatable bonds is 3. The van der Waals surface area contributed by atoms with Gasteiger partial charge in [0.2, 0.25) is 0 Å². The number of hydrogen-bond acceptors (Lipinski definition) is 3. The van der Waals surface area contributed by atoms with E-state index in [0.29, 0.717) is 0 Å². The minimum Gasteiger partial charge on any atom is -0.486 e. The van der Waals surface area contributed by atoms with Crippen LogP contribution in [-0.2, 0) is 4.79 Å². The third kappa shape index (κ3) is 2.75. The molecule has 0 aliphatic carbocycles. The molecule has 0 saturated carbocycles. The third-order valence-corrected chi connectivity index (χ3v) is 3.70. The summed E-state index contributed by atoms with van der Waals surface area (Å²) in [6.45, 7) is 6.84. The fourth-order valence-corrected chi connectivity index (χ4v) is 2.70. The molecule has 0 saturated heterocycles. The highest BCUT2D eigenvalue weighted by atomic mass is 32.1. The van der Waals surface area contributed by atoms with Crippen LogP contribution in [0.4, 0.5) is 5.69 Å².